The van der Waals surface area contributed by atoms with E-state index in [0.29, 0.717) is 22.3 Å². The van der Waals surface area contributed by atoms with Gasteiger partial charge in [0.05, 0.1) is 15.6 Å². The van der Waals surface area contributed by atoms with Crippen LogP contribution in [0.3, 0.4) is 0 Å². The number of esters is 1. The van der Waals surface area contributed by atoms with E-state index in [0.717, 1.165) is 0 Å². The van der Waals surface area contributed by atoms with Gasteiger partial charge in [-0.3, -0.25) is 0 Å². The third-order valence-corrected chi connectivity index (χ3v) is 3.54. The van der Waals surface area contributed by atoms with E-state index in [2.05, 4.69) is 0 Å². The summed E-state index contributed by atoms with van der Waals surface area (Å²) >= 11 is 11.8. The van der Waals surface area contributed by atoms with Gasteiger partial charge in [-0.1, -0.05) is 29.3 Å². The maximum absolute atomic E-state index is 12.0. The maximum Gasteiger partial charge on any atom is 0.345 e. The molecule has 0 aromatic heterocycles. The van der Waals surface area contributed by atoms with E-state index in [1.165, 1.54) is 0 Å². The largest absolute Gasteiger partial charge is 0.454 e. The Morgan fingerprint density at radius 2 is 1.90 bits per heavy atom. The zero-order valence-corrected chi connectivity index (χ0v) is 11.6. The van der Waals surface area contributed by atoms with Gasteiger partial charge in [-0.15, -0.1) is 0 Å². The maximum atomic E-state index is 12.0. The summed E-state index contributed by atoms with van der Waals surface area (Å²) in [5, 5.41) is 0.465. The third-order valence-electron chi connectivity index (χ3n) is 2.73. The highest BCUT2D eigenvalue weighted by Crippen LogP contribution is 2.35. The van der Waals surface area contributed by atoms with E-state index in [1.807, 2.05) is 0 Å². The summed E-state index contributed by atoms with van der Waals surface area (Å²) in [5.74, 6) is 0.907. The molecule has 102 valence electrons. The van der Waals surface area contributed by atoms with Crippen LogP contribution < -0.4 is 14.2 Å². The molecule has 0 spiro atoms. The van der Waals surface area contributed by atoms with Gasteiger partial charge in [-0.2, -0.15) is 0 Å². The quantitative estimate of drug-likeness (QED) is 0.622. The predicted molar refractivity (Wildman–Crippen MR) is 74.0 cm³/mol. The molecule has 1 aliphatic heterocycles. The molecule has 1 aliphatic rings. The summed E-state index contributed by atoms with van der Waals surface area (Å²) in [7, 11) is 0. The van der Waals surface area contributed by atoms with Crippen LogP contribution in [0.1, 0.15) is 10.4 Å². The lowest BCUT2D eigenvalue weighted by atomic mass is 10.2. The fourth-order valence-corrected chi connectivity index (χ4v) is 2.14. The van der Waals surface area contributed by atoms with Gasteiger partial charge in [0.1, 0.15) is 5.75 Å². The molecule has 3 rings (SSSR count). The standard InChI is InChI=1S/C14H8Cl2O4/c15-10-3-1-2-9(13(10)16)14(17)20-8-4-5-11-12(6-8)19-7-18-11/h1-6H,7H2. The van der Waals surface area contributed by atoms with Crippen LogP contribution in [0.4, 0.5) is 0 Å². The molecule has 0 aliphatic carbocycles. The van der Waals surface area contributed by atoms with Gasteiger partial charge in [0, 0.05) is 6.07 Å². The summed E-state index contributed by atoms with van der Waals surface area (Å²) in [6.45, 7) is 0.160. The molecule has 0 bridgehead atoms. The average Bonchev–Trinajstić information content (AvgIpc) is 2.89. The van der Waals surface area contributed by atoms with Crippen LogP contribution in [0.25, 0.3) is 0 Å². The Morgan fingerprint density at radius 3 is 2.75 bits per heavy atom. The smallest absolute Gasteiger partial charge is 0.345 e. The number of ether oxygens (including phenoxy) is 3. The third kappa shape index (κ3) is 2.40. The van der Waals surface area contributed by atoms with Gasteiger partial charge in [-0.25, -0.2) is 4.79 Å². The lowest BCUT2D eigenvalue weighted by Crippen LogP contribution is -2.09. The van der Waals surface area contributed by atoms with E-state index >= 15 is 0 Å². The minimum absolute atomic E-state index is 0.160. The van der Waals surface area contributed by atoms with Gasteiger partial charge in [0.2, 0.25) is 6.79 Å². The number of fused-ring (bicyclic) bond motifs is 1. The molecule has 1 heterocycles. The fraction of sp³-hybridized carbons (Fsp3) is 0.0714. The van der Waals surface area contributed by atoms with E-state index in [-0.39, 0.29) is 17.4 Å². The normalized spacial score (nSPS) is 12.3. The molecule has 2 aromatic carbocycles. The van der Waals surface area contributed by atoms with Crippen molar-refractivity contribution in [1.82, 2.24) is 0 Å². The lowest BCUT2D eigenvalue weighted by molar-refractivity contribution is 0.0734. The SMILES string of the molecule is O=C(Oc1ccc2c(c1)OCO2)c1cccc(Cl)c1Cl. The lowest BCUT2D eigenvalue weighted by Gasteiger charge is -2.07. The number of halogens is 2. The van der Waals surface area contributed by atoms with Crippen molar-refractivity contribution in [3.8, 4) is 17.2 Å². The minimum Gasteiger partial charge on any atom is -0.454 e. The van der Waals surface area contributed by atoms with Crippen LogP contribution in [0.5, 0.6) is 17.2 Å². The molecule has 0 N–H and O–H groups in total. The van der Waals surface area contributed by atoms with Crippen LogP contribution >= 0.6 is 23.2 Å². The van der Waals surface area contributed by atoms with Gasteiger partial charge in [-0.05, 0) is 24.3 Å². The second kappa shape index (κ2) is 5.23. The van der Waals surface area contributed by atoms with Gasteiger partial charge < -0.3 is 14.2 Å². The second-order valence-corrected chi connectivity index (χ2v) is 4.79. The molecule has 0 amide bonds. The Morgan fingerprint density at radius 1 is 1.10 bits per heavy atom. The summed E-state index contributed by atoms with van der Waals surface area (Å²) < 4.78 is 15.6. The van der Waals surface area contributed by atoms with E-state index in [9.17, 15) is 4.79 Å². The Kier molecular flexibility index (Phi) is 3.42. The molecule has 4 nitrogen and oxygen atoms in total. The first kappa shape index (κ1) is 13.1. The van der Waals surface area contributed by atoms with E-state index in [4.69, 9.17) is 37.4 Å². The first-order valence-electron chi connectivity index (χ1n) is 5.71. The summed E-state index contributed by atoms with van der Waals surface area (Å²) in [6.07, 6.45) is 0. The Labute approximate surface area is 124 Å². The predicted octanol–water partition coefficient (Wildman–Crippen LogP) is 3.94. The van der Waals surface area contributed by atoms with Crippen molar-refractivity contribution < 1.29 is 19.0 Å². The minimum atomic E-state index is -0.587. The molecule has 0 unspecified atom stereocenters. The molecular weight excluding hydrogens is 303 g/mol. The number of hydrogen-bond donors (Lipinski definition) is 0. The Bertz CT molecular complexity index is 685. The Hall–Kier alpha value is -1.91. The molecule has 0 saturated heterocycles. The molecule has 0 fully saturated rings. The molecule has 20 heavy (non-hydrogen) atoms. The van der Waals surface area contributed by atoms with Crippen molar-refractivity contribution in [2.75, 3.05) is 6.79 Å². The van der Waals surface area contributed by atoms with Crippen LogP contribution in [0, 0.1) is 0 Å². The Balaban J connectivity index is 1.84. The summed E-state index contributed by atoms with van der Waals surface area (Å²) in [6, 6.07) is 9.64. The highest BCUT2D eigenvalue weighted by molar-refractivity contribution is 6.43. The van der Waals surface area contributed by atoms with Gasteiger partial charge >= 0.3 is 5.97 Å². The monoisotopic (exact) mass is 310 g/mol. The highest BCUT2D eigenvalue weighted by Gasteiger charge is 2.18. The number of benzene rings is 2. The van der Waals surface area contributed by atoms with Crippen molar-refractivity contribution in [3.05, 3.63) is 52.0 Å². The first-order chi connectivity index (χ1) is 9.65. The van der Waals surface area contributed by atoms with Gasteiger partial charge in [0.25, 0.3) is 0 Å². The first-order valence-corrected chi connectivity index (χ1v) is 6.46. The van der Waals surface area contributed by atoms with Crippen LogP contribution in [0.15, 0.2) is 36.4 Å². The molecular formula is C14H8Cl2O4. The van der Waals surface area contributed by atoms with Crippen molar-refractivity contribution in [3.63, 3.8) is 0 Å². The van der Waals surface area contributed by atoms with Crippen molar-refractivity contribution in [2.45, 2.75) is 0 Å². The molecule has 0 saturated carbocycles. The fourth-order valence-electron chi connectivity index (χ4n) is 1.76. The zero-order valence-electron chi connectivity index (χ0n) is 10.1. The van der Waals surface area contributed by atoms with Crippen molar-refractivity contribution >= 4 is 29.2 Å². The molecule has 0 radical (unpaired) electrons. The average molecular weight is 311 g/mol. The van der Waals surface area contributed by atoms with Crippen LogP contribution in [-0.2, 0) is 0 Å². The topological polar surface area (TPSA) is 44.8 Å². The van der Waals surface area contributed by atoms with Crippen molar-refractivity contribution in [2.24, 2.45) is 0 Å². The van der Waals surface area contributed by atoms with Crippen LogP contribution in [0.2, 0.25) is 10.0 Å². The number of carbonyl (C=O) groups is 1. The van der Waals surface area contributed by atoms with Crippen molar-refractivity contribution in [1.29, 1.82) is 0 Å². The molecule has 6 heteroatoms. The summed E-state index contributed by atoms with van der Waals surface area (Å²) in [4.78, 5) is 12.0. The van der Waals surface area contributed by atoms with Crippen LogP contribution in [-0.4, -0.2) is 12.8 Å². The number of rotatable bonds is 2. The van der Waals surface area contributed by atoms with E-state index in [1.54, 1.807) is 36.4 Å². The molecule has 0 atom stereocenters. The van der Waals surface area contributed by atoms with E-state index < -0.39 is 5.97 Å². The molecule has 2 aromatic rings. The van der Waals surface area contributed by atoms with Gasteiger partial charge in [0.15, 0.2) is 11.5 Å². The number of hydrogen-bond acceptors (Lipinski definition) is 4. The summed E-state index contributed by atoms with van der Waals surface area (Å²) in [5.41, 5.74) is 0.205. The second-order valence-electron chi connectivity index (χ2n) is 4.01. The zero-order chi connectivity index (χ0) is 14.1. The number of carbonyl (C=O) groups excluding carboxylic acids is 1. The highest BCUT2D eigenvalue weighted by atomic mass is 35.5.